The van der Waals surface area contributed by atoms with Crippen molar-refractivity contribution in [1.29, 1.82) is 0 Å². The molecule has 0 atom stereocenters. The van der Waals surface area contributed by atoms with E-state index >= 15 is 0 Å². The maximum absolute atomic E-state index is 5.85. The van der Waals surface area contributed by atoms with E-state index in [1.54, 1.807) is 24.7 Å². The molecule has 0 amide bonds. The van der Waals surface area contributed by atoms with Crippen molar-refractivity contribution in [1.82, 2.24) is 19.4 Å². The topological polar surface area (TPSA) is 52.3 Å². The molecule has 0 aliphatic heterocycles. The molecule has 5 nitrogen and oxygen atoms in total. The summed E-state index contributed by atoms with van der Waals surface area (Å²) in [5.41, 5.74) is 0.623. The number of imidazole rings is 1. The Morgan fingerprint density at radius 3 is 3.06 bits per heavy atom. The predicted octanol–water partition coefficient (Wildman–Crippen LogP) is 3.33. The molecular weight excluding hydrogens is 320 g/mol. The van der Waals surface area contributed by atoms with Crippen LogP contribution in [0.2, 0.25) is 5.02 Å². The van der Waals surface area contributed by atoms with E-state index in [-0.39, 0.29) is 0 Å². The molecule has 90 valence electrons. The van der Waals surface area contributed by atoms with Gasteiger partial charge in [-0.2, -0.15) is 0 Å². The molecule has 7 heteroatoms. The molecule has 3 rings (SSSR count). The summed E-state index contributed by atoms with van der Waals surface area (Å²) >= 11 is 9.16. The first-order chi connectivity index (χ1) is 8.72. The Labute approximate surface area is 116 Å². The first-order valence-corrected chi connectivity index (χ1v) is 6.17. The molecule has 0 aromatic carbocycles. The van der Waals surface area contributed by atoms with Crippen LogP contribution >= 0.6 is 27.5 Å². The van der Waals surface area contributed by atoms with E-state index in [0.29, 0.717) is 26.9 Å². The molecule has 0 saturated heterocycles. The van der Waals surface area contributed by atoms with Gasteiger partial charge in [0, 0.05) is 30.9 Å². The molecule has 18 heavy (non-hydrogen) atoms. The highest BCUT2D eigenvalue weighted by Crippen LogP contribution is 2.25. The van der Waals surface area contributed by atoms with E-state index in [1.807, 2.05) is 10.6 Å². The largest absolute Gasteiger partial charge is 0.434 e. The molecule has 0 spiro atoms. The van der Waals surface area contributed by atoms with Crippen LogP contribution in [0.25, 0.3) is 5.65 Å². The lowest BCUT2D eigenvalue weighted by Crippen LogP contribution is -1.95. The summed E-state index contributed by atoms with van der Waals surface area (Å²) in [7, 11) is 0. The smallest absolute Gasteiger partial charge is 0.265 e. The van der Waals surface area contributed by atoms with Gasteiger partial charge in [-0.05, 0) is 15.9 Å². The molecule has 3 aromatic rings. The summed E-state index contributed by atoms with van der Waals surface area (Å²) in [6, 6.07) is 1.66. The zero-order chi connectivity index (χ0) is 12.5. The number of pyridine rings is 1. The Kier molecular flexibility index (Phi) is 2.89. The Morgan fingerprint density at radius 1 is 1.33 bits per heavy atom. The summed E-state index contributed by atoms with van der Waals surface area (Å²) in [6.07, 6.45) is 8.38. The van der Waals surface area contributed by atoms with Gasteiger partial charge in [0.15, 0.2) is 0 Å². The monoisotopic (exact) mass is 324 g/mol. The number of hydrogen-bond donors (Lipinski definition) is 0. The number of nitrogens with zero attached hydrogens (tertiary/aromatic N) is 4. The van der Waals surface area contributed by atoms with Crippen LogP contribution in [-0.4, -0.2) is 19.4 Å². The lowest BCUT2D eigenvalue weighted by molar-refractivity contribution is 0.461. The molecule has 0 unspecified atom stereocenters. The van der Waals surface area contributed by atoms with Gasteiger partial charge in [-0.1, -0.05) is 11.6 Å². The fraction of sp³-hybridized carbons (Fsp3) is 0. The lowest BCUT2D eigenvalue weighted by atomic mass is 10.4. The molecule has 3 aromatic heterocycles. The van der Waals surface area contributed by atoms with Crippen LogP contribution in [0.15, 0.2) is 41.7 Å². The van der Waals surface area contributed by atoms with E-state index in [2.05, 4.69) is 30.9 Å². The SMILES string of the molecule is Clc1cncc(Oc2nc(Br)cn3ccnc23)c1. The molecule has 0 saturated carbocycles. The molecule has 0 bridgehead atoms. The van der Waals surface area contributed by atoms with Crippen molar-refractivity contribution in [3.8, 4) is 11.6 Å². The zero-order valence-corrected chi connectivity index (χ0v) is 11.3. The first kappa shape index (κ1) is 11.4. The minimum Gasteiger partial charge on any atom is -0.434 e. The number of halogens is 2. The number of aromatic nitrogens is 4. The van der Waals surface area contributed by atoms with Gasteiger partial charge in [-0.25, -0.2) is 9.97 Å². The van der Waals surface area contributed by atoms with Gasteiger partial charge in [0.05, 0.1) is 11.2 Å². The Balaban J connectivity index is 2.06. The van der Waals surface area contributed by atoms with Crippen molar-refractivity contribution < 1.29 is 4.74 Å². The lowest BCUT2D eigenvalue weighted by Gasteiger charge is -2.06. The third-order valence-corrected chi connectivity index (χ3v) is 2.80. The number of fused-ring (bicyclic) bond motifs is 1. The van der Waals surface area contributed by atoms with E-state index in [1.165, 1.54) is 6.20 Å². The Bertz CT molecular complexity index is 715. The van der Waals surface area contributed by atoms with Crippen LogP contribution in [0.5, 0.6) is 11.6 Å². The fourth-order valence-electron chi connectivity index (χ4n) is 1.50. The van der Waals surface area contributed by atoms with Crippen molar-refractivity contribution in [2.45, 2.75) is 0 Å². The summed E-state index contributed by atoms with van der Waals surface area (Å²) in [5.74, 6) is 0.899. The first-order valence-electron chi connectivity index (χ1n) is 5.00. The molecular formula is C11H6BrClN4O. The van der Waals surface area contributed by atoms with Gasteiger partial charge in [0.25, 0.3) is 5.88 Å². The third kappa shape index (κ3) is 2.16. The quantitative estimate of drug-likeness (QED) is 0.725. The summed E-state index contributed by atoms with van der Waals surface area (Å²) in [5, 5.41) is 0.502. The average molecular weight is 326 g/mol. The molecule has 3 heterocycles. The third-order valence-electron chi connectivity index (χ3n) is 2.21. The summed E-state index contributed by atoms with van der Waals surface area (Å²) in [6.45, 7) is 0. The highest BCUT2D eigenvalue weighted by Gasteiger charge is 2.09. The second kappa shape index (κ2) is 4.55. The van der Waals surface area contributed by atoms with E-state index in [4.69, 9.17) is 16.3 Å². The van der Waals surface area contributed by atoms with Gasteiger partial charge in [0.1, 0.15) is 10.4 Å². The van der Waals surface area contributed by atoms with E-state index in [9.17, 15) is 0 Å². The minimum absolute atomic E-state index is 0.387. The van der Waals surface area contributed by atoms with Crippen LogP contribution in [-0.2, 0) is 0 Å². The van der Waals surface area contributed by atoms with Crippen molar-refractivity contribution in [3.05, 3.63) is 46.7 Å². The molecule has 0 aliphatic carbocycles. The summed E-state index contributed by atoms with van der Waals surface area (Å²) < 4.78 is 8.10. The standard InChI is InChI=1S/C11H6BrClN4O/c12-9-6-17-2-1-15-10(17)11(16-9)18-8-3-7(13)4-14-5-8/h1-6H. The second-order valence-corrected chi connectivity index (χ2v) is 4.72. The number of ether oxygens (including phenoxy) is 1. The number of rotatable bonds is 2. The predicted molar refractivity (Wildman–Crippen MR) is 70.0 cm³/mol. The van der Waals surface area contributed by atoms with Gasteiger partial charge in [-0.3, -0.25) is 9.38 Å². The van der Waals surface area contributed by atoms with Crippen LogP contribution in [0.4, 0.5) is 0 Å². The molecule has 0 aliphatic rings. The Hall–Kier alpha value is -1.66. The van der Waals surface area contributed by atoms with Crippen LogP contribution < -0.4 is 4.74 Å². The fourth-order valence-corrected chi connectivity index (χ4v) is 2.05. The average Bonchev–Trinajstić information content (AvgIpc) is 2.77. The minimum atomic E-state index is 0.387. The highest BCUT2D eigenvalue weighted by atomic mass is 79.9. The van der Waals surface area contributed by atoms with Crippen molar-refractivity contribution in [2.75, 3.05) is 0 Å². The highest BCUT2D eigenvalue weighted by molar-refractivity contribution is 9.10. The van der Waals surface area contributed by atoms with Crippen LogP contribution in [0, 0.1) is 0 Å². The van der Waals surface area contributed by atoms with Gasteiger partial charge in [0.2, 0.25) is 5.65 Å². The molecule has 0 N–H and O–H groups in total. The van der Waals surface area contributed by atoms with Crippen molar-refractivity contribution in [2.24, 2.45) is 0 Å². The summed E-state index contributed by atoms with van der Waals surface area (Å²) in [4.78, 5) is 12.4. The van der Waals surface area contributed by atoms with Gasteiger partial charge in [-0.15, -0.1) is 0 Å². The van der Waals surface area contributed by atoms with Crippen LogP contribution in [0.1, 0.15) is 0 Å². The van der Waals surface area contributed by atoms with Crippen molar-refractivity contribution in [3.63, 3.8) is 0 Å². The van der Waals surface area contributed by atoms with Gasteiger partial charge < -0.3 is 4.74 Å². The maximum Gasteiger partial charge on any atom is 0.265 e. The molecule has 0 fully saturated rings. The van der Waals surface area contributed by atoms with Crippen LogP contribution in [0.3, 0.4) is 0 Å². The van der Waals surface area contributed by atoms with Crippen molar-refractivity contribution >= 4 is 33.2 Å². The zero-order valence-electron chi connectivity index (χ0n) is 8.92. The normalized spacial score (nSPS) is 10.8. The number of hydrogen-bond acceptors (Lipinski definition) is 4. The van der Waals surface area contributed by atoms with E-state index < -0.39 is 0 Å². The molecule has 0 radical (unpaired) electrons. The Morgan fingerprint density at radius 2 is 2.22 bits per heavy atom. The van der Waals surface area contributed by atoms with E-state index in [0.717, 1.165) is 0 Å². The maximum atomic E-state index is 5.85. The second-order valence-electron chi connectivity index (χ2n) is 3.47. The van der Waals surface area contributed by atoms with Gasteiger partial charge >= 0.3 is 0 Å².